The van der Waals surface area contributed by atoms with Crippen molar-refractivity contribution in [2.75, 3.05) is 11.9 Å². The molecule has 0 aliphatic heterocycles. The van der Waals surface area contributed by atoms with Crippen LogP contribution in [0.3, 0.4) is 0 Å². The average molecular weight is 423 g/mol. The second kappa shape index (κ2) is 8.53. The summed E-state index contributed by atoms with van der Waals surface area (Å²) >= 11 is 2.31. The molecule has 6 nitrogen and oxygen atoms in total. The first-order valence-electron chi connectivity index (χ1n) is 8.22. The minimum atomic E-state index is -0.776. The second-order valence-electron chi connectivity index (χ2n) is 5.62. The van der Waals surface area contributed by atoms with Gasteiger partial charge in [0.15, 0.2) is 5.13 Å². The van der Waals surface area contributed by atoms with Crippen LogP contribution in [0.15, 0.2) is 23.6 Å². The fraction of sp³-hybridized carbons (Fsp3) is 0.222. The molecule has 1 N–H and O–H groups in total. The van der Waals surface area contributed by atoms with E-state index in [0.29, 0.717) is 16.3 Å². The number of carbonyl (C=O) groups excluding carboxylic acids is 2. The molecule has 28 heavy (non-hydrogen) atoms. The van der Waals surface area contributed by atoms with Crippen LogP contribution in [0.25, 0.3) is 10.6 Å². The largest absolute Gasteiger partial charge is 0.461 e. The summed E-state index contributed by atoms with van der Waals surface area (Å²) < 4.78 is 32.3. The average Bonchev–Trinajstić information content (AvgIpc) is 3.25. The molecule has 0 spiro atoms. The highest BCUT2D eigenvalue weighted by atomic mass is 32.1. The van der Waals surface area contributed by atoms with Gasteiger partial charge < -0.3 is 10.1 Å². The Balaban J connectivity index is 1.72. The highest BCUT2D eigenvalue weighted by Crippen LogP contribution is 2.32. The fourth-order valence-electron chi connectivity index (χ4n) is 2.37. The number of benzene rings is 1. The zero-order valence-corrected chi connectivity index (χ0v) is 16.5. The van der Waals surface area contributed by atoms with Crippen LogP contribution in [-0.2, 0) is 16.0 Å². The summed E-state index contributed by atoms with van der Waals surface area (Å²) in [6.45, 7) is 3.71. The molecule has 1 amide bonds. The van der Waals surface area contributed by atoms with E-state index in [1.165, 1.54) is 6.07 Å². The molecule has 3 rings (SSSR count). The molecule has 146 valence electrons. The van der Waals surface area contributed by atoms with Crippen molar-refractivity contribution in [3.05, 3.63) is 51.5 Å². The van der Waals surface area contributed by atoms with E-state index < -0.39 is 29.9 Å². The molecule has 0 radical (unpaired) electrons. The van der Waals surface area contributed by atoms with Crippen molar-refractivity contribution in [3.8, 4) is 10.6 Å². The lowest BCUT2D eigenvalue weighted by molar-refractivity contribution is -0.115. The van der Waals surface area contributed by atoms with Crippen LogP contribution < -0.4 is 5.32 Å². The van der Waals surface area contributed by atoms with E-state index in [-0.39, 0.29) is 22.3 Å². The number of hydrogen-bond donors (Lipinski definition) is 1. The van der Waals surface area contributed by atoms with Crippen LogP contribution >= 0.6 is 22.7 Å². The Hall–Kier alpha value is -2.72. The van der Waals surface area contributed by atoms with E-state index in [1.807, 2.05) is 0 Å². The quantitative estimate of drug-likeness (QED) is 0.601. The highest BCUT2D eigenvalue weighted by molar-refractivity contribution is 7.18. The van der Waals surface area contributed by atoms with Gasteiger partial charge in [-0.2, -0.15) is 0 Å². The summed E-state index contributed by atoms with van der Waals surface area (Å²) in [5.74, 6) is -2.64. The van der Waals surface area contributed by atoms with Crippen LogP contribution in [0.5, 0.6) is 0 Å². The minimum absolute atomic E-state index is 0.225. The number of esters is 1. The van der Waals surface area contributed by atoms with E-state index in [2.05, 4.69) is 15.3 Å². The van der Waals surface area contributed by atoms with Gasteiger partial charge in [0.05, 0.1) is 29.3 Å². The molecule has 0 fully saturated rings. The first-order chi connectivity index (χ1) is 13.4. The minimum Gasteiger partial charge on any atom is -0.461 e. The molecule has 10 heteroatoms. The van der Waals surface area contributed by atoms with Gasteiger partial charge in [0.2, 0.25) is 10.9 Å². The van der Waals surface area contributed by atoms with Crippen molar-refractivity contribution in [1.82, 2.24) is 9.97 Å². The zero-order valence-electron chi connectivity index (χ0n) is 14.9. The van der Waals surface area contributed by atoms with Crippen molar-refractivity contribution < 1.29 is 23.1 Å². The van der Waals surface area contributed by atoms with Crippen molar-refractivity contribution in [3.63, 3.8) is 0 Å². The number of nitrogens with one attached hydrogen (secondary N) is 1. The SMILES string of the molecule is CCOC(=O)c1nc(C)c(-c2csc(NC(=O)Cc3c(F)cccc3F)n2)s1. The van der Waals surface area contributed by atoms with Crippen molar-refractivity contribution in [2.45, 2.75) is 20.3 Å². The topological polar surface area (TPSA) is 81.2 Å². The van der Waals surface area contributed by atoms with Crippen molar-refractivity contribution >= 4 is 39.7 Å². The third kappa shape index (κ3) is 4.39. The summed E-state index contributed by atoms with van der Waals surface area (Å²) in [4.78, 5) is 33.1. The summed E-state index contributed by atoms with van der Waals surface area (Å²) in [5, 5.41) is 4.74. The smallest absolute Gasteiger partial charge is 0.367 e. The molecule has 0 saturated carbocycles. The van der Waals surface area contributed by atoms with Gasteiger partial charge in [0.1, 0.15) is 11.6 Å². The van der Waals surface area contributed by atoms with Gasteiger partial charge in [-0.25, -0.2) is 23.5 Å². The number of halogens is 2. The number of rotatable bonds is 6. The maximum Gasteiger partial charge on any atom is 0.367 e. The van der Waals surface area contributed by atoms with Crippen molar-refractivity contribution in [1.29, 1.82) is 0 Å². The molecule has 0 saturated heterocycles. The monoisotopic (exact) mass is 423 g/mol. The third-order valence-electron chi connectivity index (χ3n) is 3.63. The van der Waals surface area contributed by atoms with Crippen LogP contribution in [0.1, 0.15) is 28.0 Å². The summed E-state index contributed by atoms with van der Waals surface area (Å²) in [6.07, 6.45) is -0.444. The van der Waals surface area contributed by atoms with Crippen molar-refractivity contribution in [2.24, 2.45) is 0 Å². The van der Waals surface area contributed by atoms with Gasteiger partial charge in [-0.15, -0.1) is 22.7 Å². The summed E-state index contributed by atoms with van der Waals surface area (Å²) in [6, 6.07) is 3.43. The molecular weight excluding hydrogens is 408 g/mol. The Kier molecular flexibility index (Phi) is 6.10. The maximum atomic E-state index is 13.7. The number of amides is 1. The molecular formula is C18H15F2N3O3S2. The van der Waals surface area contributed by atoms with Gasteiger partial charge in [-0.3, -0.25) is 4.79 Å². The molecule has 0 unspecified atom stereocenters. The fourth-order valence-corrected chi connectivity index (χ4v) is 4.09. The first kappa shape index (κ1) is 20.0. The van der Waals surface area contributed by atoms with E-state index in [9.17, 15) is 18.4 Å². The summed E-state index contributed by atoms with van der Waals surface area (Å²) in [5.41, 5.74) is 0.863. The number of hydrogen-bond acceptors (Lipinski definition) is 7. The summed E-state index contributed by atoms with van der Waals surface area (Å²) in [7, 11) is 0. The molecule has 0 atom stereocenters. The van der Waals surface area contributed by atoms with Crippen LogP contribution in [0.4, 0.5) is 13.9 Å². The molecule has 1 aromatic carbocycles. The molecule has 2 heterocycles. The Bertz CT molecular complexity index is 1010. The Labute approximate surface area is 167 Å². The molecule has 3 aromatic rings. The van der Waals surface area contributed by atoms with Gasteiger partial charge in [-0.1, -0.05) is 6.07 Å². The predicted molar refractivity (Wildman–Crippen MR) is 103 cm³/mol. The van der Waals surface area contributed by atoms with Crippen LogP contribution in [-0.4, -0.2) is 28.5 Å². The number of thiazole rings is 2. The predicted octanol–water partition coefficient (Wildman–Crippen LogP) is 4.21. The van der Waals surface area contributed by atoms with Crippen LogP contribution in [0.2, 0.25) is 0 Å². The number of nitrogens with zero attached hydrogens (tertiary/aromatic N) is 2. The number of ether oxygens (including phenoxy) is 1. The maximum absolute atomic E-state index is 13.7. The number of anilines is 1. The molecule has 2 aromatic heterocycles. The first-order valence-corrected chi connectivity index (χ1v) is 9.91. The molecule has 0 bridgehead atoms. The van der Waals surface area contributed by atoms with Crippen LogP contribution in [0, 0.1) is 18.6 Å². The number of aromatic nitrogens is 2. The number of aryl methyl sites for hydroxylation is 1. The molecule has 0 aliphatic rings. The lowest BCUT2D eigenvalue weighted by atomic mass is 10.1. The molecule has 0 aliphatic carbocycles. The van der Waals surface area contributed by atoms with Gasteiger partial charge in [0.25, 0.3) is 0 Å². The van der Waals surface area contributed by atoms with E-state index in [4.69, 9.17) is 4.74 Å². The Morgan fingerprint density at radius 3 is 2.61 bits per heavy atom. The second-order valence-corrected chi connectivity index (χ2v) is 7.47. The normalized spacial score (nSPS) is 10.7. The standard InChI is InChI=1S/C18H15F2N3O3S2/c1-3-26-17(25)16-21-9(2)15(28-16)13-8-27-18(22-13)23-14(24)7-10-11(19)5-4-6-12(10)20/h4-6,8H,3,7H2,1-2H3,(H,22,23,24). The van der Waals surface area contributed by atoms with Gasteiger partial charge >= 0.3 is 5.97 Å². The zero-order chi connectivity index (χ0) is 20.3. The Morgan fingerprint density at radius 1 is 1.21 bits per heavy atom. The van der Waals surface area contributed by atoms with Gasteiger partial charge in [-0.05, 0) is 26.0 Å². The van der Waals surface area contributed by atoms with E-state index >= 15 is 0 Å². The van der Waals surface area contributed by atoms with E-state index in [1.54, 1.807) is 19.2 Å². The highest BCUT2D eigenvalue weighted by Gasteiger charge is 2.19. The van der Waals surface area contributed by atoms with Gasteiger partial charge in [0, 0.05) is 10.9 Å². The Morgan fingerprint density at radius 2 is 1.93 bits per heavy atom. The lowest BCUT2D eigenvalue weighted by Gasteiger charge is -2.04. The third-order valence-corrected chi connectivity index (χ3v) is 5.55. The lowest BCUT2D eigenvalue weighted by Crippen LogP contribution is -2.16. The number of carbonyl (C=O) groups is 2. The van der Waals surface area contributed by atoms with E-state index in [0.717, 1.165) is 34.8 Å².